The van der Waals surface area contributed by atoms with Crippen molar-refractivity contribution in [3.05, 3.63) is 35.7 Å². The minimum absolute atomic E-state index is 0.194. The maximum Gasteiger partial charge on any atom is 0.265 e. The maximum absolute atomic E-state index is 12.5. The number of sulfonamides is 1. The molecule has 2 rings (SSSR count). The van der Waals surface area contributed by atoms with E-state index in [2.05, 4.69) is 9.82 Å². The van der Waals surface area contributed by atoms with E-state index in [0.29, 0.717) is 23.7 Å². The van der Waals surface area contributed by atoms with Crippen molar-refractivity contribution in [2.24, 2.45) is 0 Å². The summed E-state index contributed by atoms with van der Waals surface area (Å²) in [5.41, 5.74) is 1.80. The fourth-order valence-corrected chi connectivity index (χ4v) is 3.32. The van der Waals surface area contributed by atoms with E-state index in [1.807, 2.05) is 13.8 Å². The van der Waals surface area contributed by atoms with E-state index >= 15 is 0 Å². The Kier molecular flexibility index (Phi) is 4.22. The zero-order chi connectivity index (χ0) is 15.6. The number of aryl methyl sites for hydroxylation is 3. The van der Waals surface area contributed by atoms with Gasteiger partial charge in [-0.3, -0.25) is 9.40 Å². The van der Waals surface area contributed by atoms with Crippen LogP contribution in [0, 0.1) is 13.8 Å². The number of aromatic nitrogens is 2. The number of benzene rings is 1. The number of hydrogen-bond donors (Lipinski definition) is 1. The van der Waals surface area contributed by atoms with Crippen molar-refractivity contribution in [3.8, 4) is 5.75 Å². The number of ether oxygens (including phenoxy) is 1. The van der Waals surface area contributed by atoms with Crippen LogP contribution < -0.4 is 9.46 Å². The van der Waals surface area contributed by atoms with Crippen molar-refractivity contribution >= 4 is 15.7 Å². The first kappa shape index (κ1) is 15.4. The summed E-state index contributed by atoms with van der Waals surface area (Å²) in [6.07, 6.45) is 1.54. The predicted molar refractivity (Wildman–Crippen MR) is 81.2 cm³/mol. The summed E-state index contributed by atoms with van der Waals surface area (Å²) in [5, 5.41) is 4.16. The van der Waals surface area contributed by atoms with Crippen LogP contribution in [0.4, 0.5) is 5.69 Å². The maximum atomic E-state index is 12.5. The van der Waals surface area contributed by atoms with Gasteiger partial charge in [-0.1, -0.05) is 0 Å². The van der Waals surface area contributed by atoms with E-state index in [1.54, 1.807) is 36.9 Å². The number of methoxy groups -OCH3 is 1. The summed E-state index contributed by atoms with van der Waals surface area (Å²) in [6, 6.07) is 5.18. The fraction of sp³-hybridized carbons (Fsp3) is 0.357. The molecule has 1 heterocycles. The van der Waals surface area contributed by atoms with Gasteiger partial charge in [-0.05, 0) is 44.5 Å². The highest BCUT2D eigenvalue weighted by Gasteiger charge is 2.21. The Labute approximate surface area is 124 Å². The highest BCUT2D eigenvalue weighted by atomic mass is 32.2. The molecule has 0 aliphatic heterocycles. The lowest BCUT2D eigenvalue weighted by molar-refractivity contribution is 0.414. The van der Waals surface area contributed by atoms with Gasteiger partial charge in [0, 0.05) is 12.7 Å². The predicted octanol–water partition coefficient (Wildman–Crippen LogP) is 2.33. The summed E-state index contributed by atoms with van der Waals surface area (Å²) in [4.78, 5) is 0.194. The first-order chi connectivity index (χ1) is 9.87. The van der Waals surface area contributed by atoms with Gasteiger partial charge in [0.1, 0.15) is 10.6 Å². The van der Waals surface area contributed by atoms with Crippen LogP contribution in [-0.4, -0.2) is 25.3 Å². The molecule has 1 aromatic carbocycles. The third-order valence-electron chi connectivity index (χ3n) is 3.19. The molecule has 0 radical (unpaired) electrons. The van der Waals surface area contributed by atoms with Crippen molar-refractivity contribution in [3.63, 3.8) is 0 Å². The topological polar surface area (TPSA) is 73.2 Å². The molecule has 0 saturated heterocycles. The van der Waals surface area contributed by atoms with Crippen molar-refractivity contribution in [1.29, 1.82) is 0 Å². The molecular weight excluding hydrogens is 290 g/mol. The summed E-state index contributed by atoms with van der Waals surface area (Å²) in [7, 11) is -2.08. The number of nitrogens with one attached hydrogen (secondary N) is 1. The highest BCUT2D eigenvalue weighted by Crippen LogP contribution is 2.24. The molecule has 114 valence electrons. The molecule has 21 heavy (non-hydrogen) atoms. The van der Waals surface area contributed by atoms with Gasteiger partial charge in [0.25, 0.3) is 10.0 Å². The van der Waals surface area contributed by atoms with Crippen LogP contribution in [0.15, 0.2) is 29.3 Å². The zero-order valence-corrected chi connectivity index (χ0v) is 13.4. The van der Waals surface area contributed by atoms with Gasteiger partial charge in [-0.25, -0.2) is 8.42 Å². The molecular formula is C14H19N3O3S. The molecule has 2 aromatic rings. The lowest BCUT2D eigenvalue weighted by Gasteiger charge is -2.11. The average molecular weight is 309 g/mol. The summed E-state index contributed by atoms with van der Waals surface area (Å²) in [6.45, 7) is 6.03. The SMILES string of the molecule is CCn1cc(S(=O)(=O)Nc2ccc(OC)cc2C)c(C)n1. The van der Waals surface area contributed by atoms with Crippen LogP contribution >= 0.6 is 0 Å². The van der Waals surface area contributed by atoms with Crippen LogP contribution in [0.3, 0.4) is 0 Å². The second-order valence-electron chi connectivity index (χ2n) is 4.72. The molecule has 0 bridgehead atoms. The number of nitrogens with zero attached hydrogens (tertiary/aromatic N) is 2. The fourth-order valence-electron chi connectivity index (χ4n) is 2.00. The normalized spacial score (nSPS) is 11.4. The van der Waals surface area contributed by atoms with Crippen molar-refractivity contribution < 1.29 is 13.2 Å². The second kappa shape index (κ2) is 5.77. The molecule has 7 heteroatoms. The van der Waals surface area contributed by atoms with E-state index in [-0.39, 0.29) is 4.90 Å². The van der Waals surface area contributed by atoms with Crippen molar-refractivity contribution in [2.75, 3.05) is 11.8 Å². The highest BCUT2D eigenvalue weighted by molar-refractivity contribution is 7.92. The summed E-state index contributed by atoms with van der Waals surface area (Å²) >= 11 is 0. The largest absolute Gasteiger partial charge is 0.497 e. The Morgan fingerprint density at radius 3 is 2.57 bits per heavy atom. The Hall–Kier alpha value is -2.02. The molecule has 0 saturated carbocycles. The van der Waals surface area contributed by atoms with Crippen LogP contribution in [0.25, 0.3) is 0 Å². The first-order valence-corrected chi connectivity index (χ1v) is 8.07. The molecule has 0 unspecified atom stereocenters. The van der Waals surface area contributed by atoms with Gasteiger partial charge in [-0.15, -0.1) is 0 Å². The number of hydrogen-bond acceptors (Lipinski definition) is 4. The summed E-state index contributed by atoms with van der Waals surface area (Å²) < 4.78 is 34.2. The molecule has 0 fully saturated rings. The number of rotatable bonds is 5. The Morgan fingerprint density at radius 1 is 1.33 bits per heavy atom. The van der Waals surface area contributed by atoms with Gasteiger partial charge in [0.05, 0.1) is 18.5 Å². The van der Waals surface area contributed by atoms with E-state index in [4.69, 9.17) is 4.74 Å². The van der Waals surface area contributed by atoms with Gasteiger partial charge in [0.15, 0.2) is 0 Å². The smallest absolute Gasteiger partial charge is 0.265 e. The Balaban J connectivity index is 2.35. The second-order valence-corrected chi connectivity index (χ2v) is 6.37. The third kappa shape index (κ3) is 3.18. The minimum atomic E-state index is -3.65. The zero-order valence-electron chi connectivity index (χ0n) is 12.5. The van der Waals surface area contributed by atoms with Crippen LogP contribution in [0.5, 0.6) is 5.75 Å². The standard InChI is InChI=1S/C14H19N3O3S/c1-5-17-9-14(11(3)15-17)21(18,19)16-13-7-6-12(20-4)8-10(13)2/h6-9,16H,5H2,1-4H3. The van der Waals surface area contributed by atoms with E-state index in [9.17, 15) is 8.42 Å². The van der Waals surface area contributed by atoms with E-state index in [1.165, 1.54) is 6.20 Å². The average Bonchev–Trinajstić information content (AvgIpc) is 2.83. The quantitative estimate of drug-likeness (QED) is 0.920. The van der Waals surface area contributed by atoms with Crippen LogP contribution in [-0.2, 0) is 16.6 Å². The number of anilines is 1. The van der Waals surface area contributed by atoms with Crippen LogP contribution in [0.2, 0.25) is 0 Å². The van der Waals surface area contributed by atoms with Gasteiger partial charge in [0.2, 0.25) is 0 Å². The van der Waals surface area contributed by atoms with Gasteiger partial charge >= 0.3 is 0 Å². The molecule has 0 aliphatic rings. The third-order valence-corrected chi connectivity index (χ3v) is 4.66. The Morgan fingerprint density at radius 2 is 2.05 bits per heavy atom. The lowest BCUT2D eigenvalue weighted by Crippen LogP contribution is -2.14. The summed E-state index contributed by atoms with van der Waals surface area (Å²) in [5.74, 6) is 0.686. The molecule has 1 N–H and O–H groups in total. The minimum Gasteiger partial charge on any atom is -0.497 e. The molecule has 0 aliphatic carbocycles. The molecule has 0 spiro atoms. The van der Waals surface area contributed by atoms with Crippen molar-refractivity contribution in [2.45, 2.75) is 32.2 Å². The lowest BCUT2D eigenvalue weighted by atomic mass is 10.2. The molecule has 0 atom stereocenters. The molecule has 6 nitrogen and oxygen atoms in total. The van der Waals surface area contributed by atoms with Gasteiger partial charge < -0.3 is 4.74 Å². The van der Waals surface area contributed by atoms with Crippen molar-refractivity contribution in [1.82, 2.24) is 9.78 Å². The van der Waals surface area contributed by atoms with Crippen LogP contribution in [0.1, 0.15) is 18.2 Å². The molecule has 0 amide bonds. The monoisotopic (exact) mass is 309 g/mol. The van der Waals surface area contributed by atoms with Gasteiger partial charge in [-0.2, -0.15) is 5.10 Å². The Bertz CT molecular complexity index is 751. The van der Waals surface area contributed by atoms with E-state index in [0.717, 1.165) is 5.56 Å². The first-order valence-electron chi connectivity index (χ1n) is 6.59. The van der Waals surface area contributed by atoms with E-state index < -0.39 is 10.0 Å². The molecule has 1 aromatic heterocycles.